The number of hydrogen-bond donors (Lipinski definition) is 1. The van der Waals surface area contributed by atoms with Gasteiger partial charge in [-0.05, 0) is 65.4 Å². The van der Waals surface area contributed by atoms with Gasteiger partial charge in [0.05, 0.1) is 11.9 Å². The number of anilines is 1. The summed E-state index contributed by atoms with van der Waals surface area (Å²) in [5.41, 5.74) is 0.830. The number of carbonyl (C=O) groups excluding carboxylic acids is 2. The van der Waals surface area contributed by atoms with Crippen LogP contribution in [0, 0.1) is 3.57 Å². The minimum absolute atomic E-state index is 0.0481. The number of amides is 2. The van der Waals surface area contributed by atoms with Crippen LogP contribution >= 0.6 is 45.8 Å². The van der Waals surface area contributed by atoms with Crippen molar-refractivity contribution in [3.8, 4) is 0 Å². The van der Waals surface area contributed by atoms with Crippen molar-refractivity contribution in [3.63, 3.8) is 0 Å². The minimum Gasteiger partial charge on any atom is -0.357 e. The van der Waals surface area contributed by atoms with Crippen molar-refractivity contribution in [2.24, 2.45) is 0 Å². The van der Waals surface area contributed by atoms with E-state index >= 15 is 0 Å². The van der Waals surface area contributed by atoms with Gasteiger partial charge in [0, 0.05) is 32.8 Å². The number of sulfonamides is 1. The average molecular weight is 612 g/mol. The maximum atomic E-state index is 13.4. The molecule has 7 nitrogen and oxygen atoms in total. The second kappa shape index (κ2) is 11.5. The zero-order valence-electron chi connectivity index (χ0n) is 17.8. The van der Waals surface area contributed by atoms with E-state index in [0.29, 0.717) is 27.7 Å². The molecule has 2 aromatic rings. The fraction of sp³-hybridized carbons (Fsp3) is 0.333. The molecule has 0 aliphatic carbocycles. The Morgan fingerprint density at radius 1 is 1.09 bits per heavy atom. The third-order valence-electron chi connectivity index (χ3n) is 4.82. The van der Waals surface area contributed by atoms with E-state index < -0.39 is 28.5 Å². The van der Waals surface area contributed by atoms with Gasteiger partial charge in [-0.15, -0.1) is 0 Å². The summed E-state index contributed by atoms with van der Waals surface area (Å²) in [6.07, 6.45) is 1.35. The number of carbonyl (C=O) groups is 2. The molecule has 0 radical (unpaired) electrons. The number of hydrogen-bond acceptors (Lipinski definition) is 4. The first-order valence-electron chi connectivity index (χ1n) is 9.66. The SMILES string of the molecule is CC[C@H](C(=O)NC)N(Cc1c(Cl)cccc1Cl)C(=O)CN(c1ccc(I)cc1)S(C)(=O)=O. The van der Waals surface area contributed by atoms with Crippen molar-refractivity contribution >= 4 is 73.3 Å². The molecule has 2 rings (SSSR count). The van der Waals surface area contributed by atoms with Crippen molar-refractivity contribution in [2.75, 3.05) is 24.2 Å². The average Bonchev–Trinajstić information content (AvgIpc) is 2.73. The maximum Gasteiger partial charge on any atom is 0.244 e. The van der Waals surface area contributed by atoms with Gasteiger partial charge in [0.25, 0.3) is 0 Å². The molecule has 0 spiro atoms. The molecule has 0 aliphatic rings. The summed E-state index contributed by atoms with van der Waals surface area (Å²) < 4.78 is 26.9. The lowest BCUT2D eigenvalue weighted by atomic mass is 10.1. The predicted molar refractivity (Wildman–Crippen MR) is 137 cm³/mol. The molecule has 0 bridgehead atoms. The molecule has 0 saturated heterocycles. The Kier molecular flexibility index (Phi) is 9.62. The number of likely N-dealkylation sites (N-methyl/N-ethyl adjacent to an activating group) is 1. The number of nitrogens with zero attached hydrogens (tertiary/aromatic N) is 2. The number of halogens is 3. The van der Waals surface area contributed by atoms with Gasteiger partial charge < -0.3 is 10.2 Å². The Morgan fingerprint density at radius 3 is 2.12 bits per heavy atom. The van der Waals surface area contributed by atoms with Crippen LogP contribution in [0.4, 0.5) is 5.69 Å². The Bertz CT molecular complexity index is 1060. The van der Waals surface area contributed by atoms with Gasteiger partial charge in [0.15, 0.2) is 0 Å². The van der Waals surface area contributed by atoms with Crippen LogP contribution < -0.4 is 9.62 Å². The summed E-state index contributed by atoms with van der Waals surface area (Å²) in [7, 11) is -2.30. The van der Waals surface area contributed by atoms with Crippen molar-refractivity contribution in [1.82, 2.24) is 10.2 Å². The second-order valence-corrected chi connectivity index (χ2v) is 11.0. The lowest BCUT2D eigenvalue weighted by Crippen LogP contribution is -2.51. The molecule has 0 aromatic heterocycles. The van der Waals surface area contributed by atoms with Crippen LogP contribution in [0.15, 0.2) is 42.5 Å². The van der Waals surface area contributed by atoms with Crippen LogP contribution in [0.5, 0.6) is 0 Å². The van der Waals surface area contributed by atoms with Gasteiger partial charge in [-0.3, -0.25) is 13.9 Å². The molecule has 0 unspecified atom stereocenters. The molecule has 2 aromatic carbocycles. The Hall–Kier alpha value is -1.56. The molecular weight excluding hydrogens is 588 g/mol. The van der Waals surface area contributed by atoms with Gasteiger partial charge in [-0.2, -0.15) is 0 Å². The van der Waals surface area contributed by atoms with Crippen molar-refractivity contribution in [3.05, 3.63) is 61.6 Å². The van der Waals surface area contributed by atoms with E-state index in [1.165, 1.54) is 11.9 Å². The summed E-state index contributed by atoms with van der Waals surface area (Å²) in [4.78, 5) is 27.3. The van der Waals surface area contributed by atoms with E-state index in [-0.39, 0.29) is 12.5 Å². The summed E-state index contributed by atoms with van der Waals surface area (Å²) in [6.45, 7) is 1.24. The zero-order valence-corrected chi connectivity index (χ0v) is 22.3. The smallest absolute Gasteiger partial charge is 0.244 e. The first-order valence-corrected chi connectivity index (χ1v) is 13.3. The highest BCUT2D eigenvalue weighted by molar-refractivity contribution is 14.1. The summed E-state index contributed by atoms with van der Waals surface area (Å²) in [5.74, 6) is -0.926. The normalized spacial score (nSPS) is 12.2. The Balaban J connectivity index is 2.47. The third-order valence-corrected chi connectivity index (χ3v) is 7.38. The largest absolute Gasteiger partial charge is 0.357 e. The standard InChI is InChI=1S/C21H24Cl2IN3O4S/c1-4-19(21(29)25-2)26(12-16-17(22)6-5-7-18(16)23)20(28)13-27(32(3,30)31)15-10-8-14(24)9-11-15/h5-11,19H,4,12-13H2,1-3H3,(H,25,29)/t19-/m1/s1. The summed E-state index contributed by atoms with van der Waals surface area (Å²) in [6, 6.07) is 10.9. The fourth-order valence-corrected chi connectivity index (χ4v) is 4.89. The molecule has 2 amide bonds. The lowest BCUT2D eigenvalue weighted by Gasteiger charge is -2.33. The van der Waals surface area contributed by atoms with E-state index in [0.717, 1.165) is 14.1 Å². The van der Waals surface area contributed by atoms with E-state index in [4.69, 9.17) is 23.2 Å². The van der Waals surface area contributed by atoms with E-state index in [1.54, 1.807) is 49.4 Å². The minimum atomic E-state index is -3.78. The summed E-state index contributed by atoms with van der Waals surface area (Å²) >= 11 is 14.7. The molecular formula is C21H24Cl2IN3O4S. The van der Waals surface area contributed by atoms with Gasteiger partial charge in [-0.1, -0.05) is 36.2 Å². The van der Waals surface area contributed by atoms with Gasteiger partial charge >= 0.3 is 0 Å². The fourth-order valence-electron chi connectivity index (χ4n) is 3.16. The van der Waals surface area contributed by atoms with Crippen LogP contribution in [0.2, 0.25) is 10.0 Å². The topological polar surface area (TPSA) is 86.8 Å². The van der Waals surface area contributed by atoms with E-state index in [9.17, 15) is 18.0 Å². The molecule has 0 fully saturated rings. The van der Waals surface area contributed by atoms with E-state index in [1.807, 2.05) is 0 Å². The Labute approximate surface area is 212 Å². The van der Waals surface area contributed by atoms with Crippen molar-refractivity contribution in [1.29, 1.82) is 0 Å². The highest BCUT2D eigenvalue weighted by Crippen LogP contribution is 2.27. The second-order valence-electron chi connectivity index (χ2n) is 7.01. The zero-order chi connectivity index (χ0) is 24.1. The number of rotatable bonds is 9. The van der Waals surface area contributed by atoms with Crippen LogP contribution in [0.25, 0.3) is 0 Å². The van der Waals surface area contributed by atoms with Crippen LogP contribution in [0.3, 0.4) is 0 Å². The molecule has 0 heterocycles. The highest BCUT2D eigenvalue weighted by Gasteiger charge is 2.32. The first-order chi connectivity index (χ1) is 15.0. The van der Waals surface area contributed by atoms with Crippen LogP contribution in [0.1, 0.15) is 18.9 Å². The van der Waals surface area contributed by atoms with Crippen LogP contribution in [-0.4, -0.2) is 51.0 Å². The molecule has 0 saturated carbocycles. The number of nitrogens with one attached hydrogen (secondary N) is 1. The maximum absolute atomic E-state index is 13.4. The molecule has 1 atom stereocenters. The van der Waals surface area contributed by atoms with Gasteiger partial charge in [0.1, 0.15) is 12.6 Å². The van der Waals surface area contributed by atoms with Crippen molar-refractivity contribution < 1.29 is 18.0 Å². The predicted octanol–water partition coefficient (Wildman–Crippen LogP) is 3.92. The molecule has 174 valence electrons. The Morgan fingerprint density at radius 2 is 1.66 bits per heavy atom. The molecule has 1 N–H and O–H groups in total. The highest BCUT2D eigenvalue weighted by atomic mass is 127. The molecule has 11 heteroatoms. The summed E-state index contributed by atoms with van der Waals surface area (Å²) in [5, 5.41) is 3.25. The van der Waals surface area contributed by atoms with Crippen molar-refractivity contribution in [2.45, 2.75) is 25.9 Å². The lowest BCUT2D eigenvalue weighted by molar-refractivity contribution is -0.140. The van der Waals surface area contributed by atoms with Gasteiger partial charge in [-0.25, -0.2) is 8.42 Å². The monoisotopic (exact) mass is 611 g/mol. The first kappa shape index (κ1) is 26.7. The molecule has 0 aliphatic heterocycles. The third kappa shape index (κ3) is 6.72. The van der Waals surface area contributed by atoms with Gasteiger partial charge in [0.2, 0.25) is 21.8 Å². The molecule has 32 heavy (non-hydrogen) atoms. The number of benzene rings is 2. The van der Waals surface area contributed by atoms with E-state index in [2.05, 4.69) is 27.9 Å². The van der Waals surface area contributed by atoms with Crippen LogP contribution in [-0.2, 0) is 26.2 Å². The quantitative estimate of drug-likeness (QED) is 0.436.